The lowest BCUT2D eigenvalue weighted by atomic mass is 9.87. The van der Waals surface area contributed by atoms with Crippen LogP contribution in [0, 0.1) is 11.8 Å². The zero-order chi connectivity index (χ0) is 15.8. The third-order valence-electron chi connectivity index (χ3n) is 4.76. The third kappa shape index (κ3) is 5.83. The molecule has 22 heavy (non-hydrogen) atoms. The molecule has 0 saturated carbocycles. The summed E-state index contributed by atoms with van der Waals surface area (Å²) in [6.45, 7) is 8.84. The van der Waals surface area contributed by atoms with Gasteiger partial charge >= 0.3 is 0 Å². The Bertz CT molecular complexity index is 484. The van der Waals surface area contributed by atoms with Gasteiger partial charge in [-0.25, -0.2) is 0 Å². The summed E-state index contributed by atoms with van der Waals surface area (Å²) in [5, 5.41) is 0. The first-order valence-electron chi connectivity index (χ1n) is 9.07. The fourth-order valence-corrected chi connectivity index (χ4v) is 3.42. The van der Waals surface area contributed by atoms with Gasteiger partial charge in [0.25, 0.3) is 0 Å². The highest BCUT2D eigenvalue weighted by Crippen LogP contribution is 2.28. The summed E-state index contributed by atoms with van der Waals surface area (Å²) in [4.78, 5) is 0. The van der Waals surface area contributed by atoms with Gasteiger partial charge in [-0.15, -0.1) is 0 Å². The molecule has 0 heteroatoms. The van der Waals surface area contributed by atoms with Crippen molar-refractivity contribution in [3.8, 4) is 0 Å². The highest BCUT2D eigenvalue weighted by atomic mass is 14.2. The minimum Gasteiger partial charge on any atom is -0.0995 e. The van der Waals surface area contributed by atoms with Crippen molar-refractivity contribution in [1.29, 1.82) is 0 Å². The Balaban J connectivity index is 1.64. The molecule has 2 atom stereocenters. The van der Waals surface area contributed by atoms with E-state index in [-0.39, 0.29) is 0 Å². The zero-order valence-electron chi connectivity index (χ0n) is 14.5. The molecule has 0 aromatic heterocycles. The van der Waals surface area contributed by atoms with Crippen molar-refractivity contribution in [3.05, 3.63) is 59.8 Å². The lowest BCUT2D eigenvalue weighted by Gasteiger charge is -2.18. The van der Waals surface area contributed by atoms with E-state index in [0.717, 1.165) is 12.3 Å². The molecule has 2 rings (SSSR count). The maximum Gasteiger partial charge on any atom is -0.00731 e. The molecule has 120 valence electrons. The van der Waals surface area contributed by atoms with Crippen LogP contribution in [0.1, 0.15) is 65.2 Å². The maximum atomic E-state index is 4.29. The minimum atomic E-state index is 0.709. The van der Waals surface area contributed by atoms with Crippen molar-refractivity contribution in [3.63, 3.8) is 0 Å². The standard InChI is InChI=1S/C22H32/c1-4-7-20-10-6-11-21(17-20)9-5-8-19(3)16-22-14-12-18(2)13-15-22/h6,10-12,14-15,18,21H,3-5,7-9,13,16-17H2,1-2H3. The van der Waals surface area contributed by atoms with Crippen LogP contribution in [0.25, 0.3) is 0 Å². The lowest BCUT2D eigenvalue weighted by Crippen LogP contribution is -2.03. The van der Waals surface area contributed by atoms with E-state index < -0.39 is 0 Å². The quantitative estimate of drug-likeness (QED) is 0.426. The molecule has 2 aliphatic carbocycles. The van der Waals surface area contributed by atoms with E-state index in [9.17, 15) is 0 Å². The predicted octanol–water partition coefficient (Wildman–Crippen LogP) is 6.93. The molecule has 0 heterocycles. The van der Waals surface area contributed by atoms with Gasteiger partial charge in [0.2, 0.25) is 0 Å². The Morgan fingerprint density at radius 2 is 2.18 bits per heavy atom. The van der Waals surface area contributed by atoms with E-state index in [1.165, 1.54) is 56.1 Å². The van der Waals surface area contributed by atoms with Crippen LogP contribution in [0.15, 0.2) is 59.8 Å². The summed E-state index contributed by atoms with van der Waals surface area (Å²) in [7, 11) is 0. The first kappa shape index (κ1) is 17.1. The third-order valence-corrected chi connectivity index (χ3v) is 4.76. The van der Waals surface area contributed by atoms with E-state index in [1.54, 1.807) is 5.57 Å². The molecule has 0 nitrogen and oxygen atoms in total. The largest absolute Gasteiger partial charge is 0.0995 e. The zero-order valence-corrected chi connectivity index (χ0v) is 14.5. The van der Waals surface area contributed by atoms with E-state index in [0.29, 0.717) is 5.92 Å². The molecule has 0 N–H and O–H groups in total. The van der Waals surface area contributed by atoms with Gasteiger partial charge in [-0.3, -0.25) is 0 Å². The van der Waals surface area contributed by atoms with Crippen LogP contribution < -0.4 is 0 Å². The Kier molecular flexibility index (Phi) is 6.96. The van der Waals surface area contributed by atoms with Crippen LogP contribution >= 0.6 is 0 Å². The first-order valence-corrected chi connectivity index (χ1v) is 9.07. The molecular weight excluding hydrogens is 264 g/mol. The molecule has 0 bridgehead atoms. The van der Waals surface area contributed by atoms with Crippen LogP contribution in [0.3, 0.4) is 0 Å². The molecule has 2 unspecified atom stereocenters. The highest BCUT2D eigenvalue weighted by molar-refractivity contribution is 5.27. The van der Waals surface area contributed by atoms with Gasteiger partial charge in [0.15, 0.2) is 0 Å². The smallest absolute Gasteiger partial charge is 0.00731 e. The highest BCUT2D eigenvalue weighted by Gasteiger charge is 2.11. The van der Waals surface area contributed by atoms with Gasteiger partial charge in [-0.05, 0) is 62.4 Å². The normalized spacial score (nSPS) is 24.1. The number of hydrogen-bond donors (Lipinski definition) is 0. The monoisotopic (exact) mass is 296 g/mol. The number of rotatable bonds is 8. The van der Waals surface area contributed by atoms with Crippen LogP contribution in [-0.2, 0) is 0 Å². The van der Waals surface area contributed by atoms with Crippen LogP contribution in [0.5, 0.6) is 0 Å². The second-order valence-electron chi connectivity index (χ2n) is 7.09. The molecule has 0 aromatic rings. The Hall–Kier alpha value is -1.30. The maximum absolute atomic E-state index is 4.29. The molecule has 0 aromatic carbocycles. The van der Waals surface area contributed by atoms with E-state index in [2.05, 4.69) is 56.9 Å². The molecule has 0 fully saturated rings. The average Bonchev–Trinajstić information content (AvgIpc) is 2.50. The fraction of sp³-hybridized carbons (Fsp3) is 0.545. The van der Waals surface area contributed by atoms with Crippen molar-refractivity contribution < 1.29 is 0 Å². The summed E-state index contributed by atoms with van der Waals surface area (Å²) in [6.07, 6.45) is 23.9. The van der Waals surface area contributed by atoms with Crippen molar-refractivity contribution in [1.82, 2.24) is 0 Å². The Morgan fingerprint density at radius 1 is 1.32 bits per heavy atom. The summed E-state index contributed by atoms with van der Waals surface area (Å²) in [5.74, 6) is 1.47. The molecule has 0 spiro atoms. The van der Waals surface area contributed by atoms with Gasteiger partial charge in [-0.1, -0.05) is 74.4 Å². The summed E-state index contributed by atoms with van der Waals surface area (Å²) >= 11 is 0. The number of hydrogen-bond acceptors (Lipinski definition) is 0. The predicted molar refractivity (Wildman–Crippen MR) is 98.9 cm³/mol. The van der Waals surface area contributed by atoms with E-state index in [4.69, 9.17) is 0 Å². The van der Waals surface area contributed by atoms with E-state index in [1.807, 2.05) is 0 Å². The molecule has 0 aliphatic heterocycles. The van der Waals surface area contributed by atoms with Gasteiger partial charge in [-0.2, -0.15) is 0 Å². The van der Waals surface area contributed by atoms with Gasteiger partial charge in [0, 0.05) is 0 Å². The fourth-order valence-electron chi connectivity index (χ4n) is 3.42. The van der Waals surface area contributed by atoms with Crippen molar-refractivity contribution in [2.75, 3.05) is 0 Å². The van der Waals surface area contributed by atoms with Crippen LogP contribution in [0.2, 0.25) is 0 Å². The van der Waals surface area contributed by atoms with Crippen molar-refractivity contribution in [2.45, 2.75) is 65.2 Å². The second-order valence-corrected chi connectivity index (χ2v) is 7.09. The number of allylic oxidation sites excluding steroid dienone is 9. The molecule has 0 radical (unpaired) electrons. The van der Waals surface area contributed by atoms with Gasteiger partial charge in [0.05, 0.1) is 0 Å². The first-order chi connectivity index (χ1) is 10.7. The summed E-state index contributed by atoms with van der Waals surface area (Å²) in [6, 6.07) is 0. The van der Waals surface area contributed by atoms with Crippen molar-refractivity contribution >= 4 is 0 Å². The lowest BCUT2D eigenvalue weighted by molar-refractivity contribution is 0.539. The Labute approximate surface area is 137 Å². The van der Waals surface area contributed by atoms with E-state index >= 15 is 0 Å². The molecule has 0 saturated heterocycles. The summed E-state index contributed by atoms with van der Waals surface area (Å²) < 4.78 is 0. The van der Waals surface area contributed by atoms with Gasteiger partial charge < -0.3 is 0 Å². The molecule has 0 amide bonds. The molecular formula is C22H32. The average molecular weight is 296 g/mol. The van der Waals surface area contributed by atoms with Crippen LogP contribution in [0.4, 0.5) is 0 Å². The van der Waals surface area contributed by atoms with Crippen molar-refractivity contribution in [2.24, 2.45) is 11.8 Å². The Morgan fingerprint density at radius 3 is 2.91 bits per heavy atom. The minimum absolute atomic E-state index is 0.709. The second kappa shape index (κ2) is 8.98. The molecule has 2 aliphatic rings. The van der Waals surface area contributed by atoms with Crippen LogP contribution in [-0.4, -0.2) is 0 Å². The van der Waals surface area contributed by atoms with Gasteiger partial charge in [0.1, 0.15) is 0 Å². The topological polar surface area (TPSA) is 0 Å². The summed E-state index contributed by atoms with van der Waals surface area (Å²) in [5.41, 5.74) is 4.50. The SMILES string of the molecule is C=C(CCCC1C=CC=C(CCC)C1)CC1=CCC(C)C=C1.